The summed E-state index contributed by atoms with van der Waals surface area (Å²) in [6, 6.07) is 16.9. The van der Waals surface area contributed by atoms with E-state index in [4.69, 9.17) is 0 Å². The van der Waals surface area contributed by atoms with E-state index < -0.39 is 0 Å². The lowest BCUT2D eigenvalue weighted by Crippen LogP contribution is -1.91. The molecule has 0 saturated heterocycles. The van der Waals surface area contributed by atoms with Gasteiger partial charge in [0.2, 0.25) is 0 Å². The zero-order valence-corrected chi connectivity index (χ0v) is 9.89. The van der Waals surface area contributed by atoms with Crippen LogP contribution >= 0.6 is 0 Å². The molecule has 0 atom stereocenters. The SMILES string of the molecule is C=Cc1ccc(Cc2ccccc2C=C)cc1. The van der Waals surface area contributed by atoms with E-state index in [0.29, 0.717) is 0 Å². The lowest BCUT2D eigenvalue weighted by molar-refractivity contribution is 1.18. The lowest BCUT2D eigenvalue weighted by Gasteiger charge is -2.06. The van der Waals surface area contributed by atoms with E-state index in [9.17, 15) is 0 Å². The first-order valence-electron chi connectivity index (χ1n) is 5.75. The highest BCUT2D eigenvalue weighted by Gasteiger charge is 2.00. The third-order valence-corrected chi connectivity index (χ3v) is 2.89. The van der Waals surface area contributed by atoms with Gasteiger partial charge in [0.05, 0.1) is 0 Å². The normalized spacial score (nSPS) is 9.88. The van der Waals surface area contributed by atoms with Gasteiger partial charge in [0.15, 0.2) is 0 Å². The maximum Gasteiger partial charge on any atom is -0.00198 e. The van der Waals surface area contributed by atoms with Crippen LogP contribution in [0, 0.1) is 0 Å². The molecule has 0 aliphatic rings. The molecule has 0 saturated carbocycles. The molecule has 2 aromatic carbocycles. The highest BCUT2D eigenvalue weighted by molar-refractivity contribution is 5.53. The molecule has 17 heavy (non-hydrogen) atoms. The molecule has 0 heteroatoms. The smallest absolute Gasteiger partial charge is 0.00198 e. The predicted octanol–water partition coefficient (Wildman–Crippen LogP) is 4.56. The van der Waals surface area contributed by atoms with E-state index in [-0.39, 0.29) is 0 Å². The van der Waals surface area contributed by atoms with Gasteiger partial charge in [-0.1, -0.05) is 73.8 Å². The Bertz CT molecular complexity index is 518. The fourth-order valence-corrected chi connectivity index (χ4v) is 1.89. The predicted molar refractivity (Wildman–Crippen MR) is 75.9 cm³/mol. The molecular formula is C17H16. The van der Waals surface area contributed by atoms with E-state index in [1.165, 1.54) is 16.7 Å². The molecule has 0 aliphatic carbocycles. The Morgan fingerprint density at radius 1 is 0.824 bits per heavy atom. The Morgan fingerprint density at radius 2 is 1.53 bits per heavy atom. The van der Waals surface area contributed by atoms with E-state index >= 15 is 0 Å². The Morgan fingerprint density at radius 3 is 2.18 bits per heavy atom. The van der Waals surface area contributed by atoms with Crippen LogP contribution < -0.4 is 0 Å². The summed E-state index contributed by atoms with van der Waals surface area (Å²) in [7, 11) is 0. The maximum absolute atomic E-state index is 3.85. The van der Waals surface area contributed by atoms with Crippen LogP contribution in [0.5, 0.6) is 0 Å². The van der Waals surface area contributed by atoms with Gasteiger partial charge in [0, 0.05) is 0 Å². The molecule has 0 aliphatic heterocycles. The second-order valence-electron chi connectivity index (χ2n) is 4.03. The van der Waals surface area contributed by atoms with Gasteiger partial charge >= 0.3 is 0 Å². The van der Waals surface area contributed by atoms with Crippen molar-refractivity contribution in [2.75, 3.05) is 0 Å². The van der Waals surface area contributed by atoms with Crippen LogP contribution in [0.3, 0.4) is 0 Å². The van der Waals surface area contributed by atoms with Gasteiger partial charge in [-0.15, -0.1) is 0 Å². The lowest BCUT2D eigenvalue weighted by atomic mass is 9.99. The van der Waals surface area contributed by atoms with Crippen molar-refractivity contribution >= 4 is 12.2 Å². The average Bonchev–Trinajstić information content (AvgIpc) is 2.40. The molecule has 2 aromatic rings. The van der Waals surface area contributed by atoms with Crippen molar-refractivity contribution in [1.82, 2.24) is 0 Å². The Labute approximate surface area is 103 Å². The molecule has 84 valence electrons. The third kappa shape index (κ3) is 2.73. The largest absolute Gasteiger partial charge is 0.0985 e. The quantitative estimate of drug-likeness (QED) is 0.708. The molecule has 0 bridgehead atoms. The molecule has 0 radical (unpaired) electrons. The summed E-state index contributed by atoms with van der Waals surface area (Å²) < 4.78 is 0. The van der Waals surface area contributed by atoms with Crippen LogP contribution in [0.4, 0.5) is 0 Å². The summed E-state index contributed by atoms with van der Waals surface area (Å²) in [6.45, 7) is 7.61. The summed E-state index contributed by atoms with van der Waals surface area (Å²) in [4.78, 5) is 0. The monoisotopic (exact) mass is 220 g/mol. The fraction of sp³-hybridized carbons (Fsp3) is 0.0588. The van der Waals surface area contributed by atoms with Gasteiger partial charge in [0.25, 0.3) is 0 Å². The number of hydrogen-bond donors (Lipinski definition) is 0. The van der Waals surface area contributed by atoms with Crippen LogP contribution in [-0.2, 0) is 6.42 Å². The molecule has 0 aromatic heterocycles. The Balaban J connectivity index is 2.24. The van der Waals surface area contributed by atoms with Gasteiger partial charge in [-0.05, 0) is 28.7 Å². The molecule has 0 amide bonds. The highest BCUT2D eigenvalue weighted by atomic mass is 14.0. The van der Waals surface area contributed by atoms with Crippen LogP contribution in [0.1, 0.15) is 22.3 Å². The molecule has 0 heterocycles. The summed E-state index contributed by atoms with van der Waals surface area (Å²) in [5, 5.41) is 0. The van der Waals surface area contributed by atoms with Gasteiger partial charge in [-0.25, -0.2) is 0 Å². The van der Waals surface area contributed by atoms with Gasteiger partial charge in [0.1, 0.15) is 0 Å². The Kier molecular flexibility index (Phi) is 3.56. The van der Waals surface area contributed by atoms with E-state index in [2.05, 4.69) is 55.6 Å². The van der Waals surface area contributed by atoms with Crippen molar-refractivity contribution < 1.29 is 0 Å². The summed E-state index contributed by atoms with van der Waals surface area (Å²) in [6.07, 6.45) is 4.72. The van der Waals surface area contributed by atoms with Crippen LogP contribution in [0.15, 0.2) is 61.7 Å². The van der Waals surface area contributed by atoms with Crippen molar-refractivity contribution in [3.05, 3.63) is 83.9 Å². The fourth-order valence-electron chi connectivity index (χ4n) is 1.89. The van der Waals surface area contributed by atoms with Crippen LogP contribution in [0.2, 0.25) is 0 Å². The second kappa shape index (κ2) is 5.31. The highest BCUT2D eigenvalue weighted by Crippen LogP contribution is 2.16. The Hall–Kier alpha value is -2.08. The number of benzene rings is 2. The first kappa shape index (κ1) is 11.4. The molecule has 0 fully saturated rings. The molecule has 0 N–H and O–H groups in total. The van der Waals surface area contributed by atoms with Crippen LogP contribution in [0.25, 0.3) is 12.2 Å². The van der Waals surface area contributed by atoms with E-state index in [0.717, 1.165) is 12.0 Å². The zero-order chi connectivity index (χ0) is 12.1. The molecule has 0 spiro atoms. The summed E-state index contributed by atoms with van der Waals surface area (Å²) in [5.74, 6) is 0. The van der Waals surface area contributed by atoms with Crippen molar-refractivity contribution in [2.24, 2.45) is 0 Å². The minimum atomic E-state index is 0.944. The first-order valence-corrected chi connectivity index (χ1v) is 5.75. The number of rotatable bonds is 4. The van der Waals surface area contributed by atoms with E-state index in [1.807, 2.05) is 18.2 Å². The molecule has 2 rings (SSSR count). The molecular weight excluding hydrogens is 204 g/mol. The average molecular weight is 220 g/mol. The van der Waals surface area contributed by atoms with Gasteiger partial charge in [-0.3, -0.25) is 0 Å². The van der Waals surface area contributed by atoms with Gasteiger partial charge in [-0.2, -0.15) is 0 Å². The standard InChI is InChI=1S/C17H16/c1-3-14-9-11-15(12-10-14)13-17-8-6-5-7-16(17)4-2/h3-12H,1-2,13H2. The van der Waals surface area contributed by atoms with Crippen molar-refractivity contribution in [2.45, 2.75) is 6.42 Å². The third-order valence-electron chi connectivity index (χ3n) is 2.89. The topological polar surface area (TPSA) is 0 Å². The summed E-state index contributed by atoms with van der Waals surface area (Å²) >= 11 is 0. The summed E-state index contributed by atoms with van der Waals surface area (Å²) in [5.41, 5.74) is 4.99. The van der Waals surface area contributed by atoms with Crippen molar-refractivity contribution in [3.63, 3.8) is 0 Å². The first-order chi connectivity index (χ1) is 8.33. The maximum atomic E-state index is 3.85. The number of hydrogen-bond acceptors (Lipinski definition) is 0. The minimum absolute atomic E-state index is 0.944. The van der Waals surface area contributed by atoms with Crippen molar-refractivity contribution in [3.8, 4) is 0 Å². The molecule has 0 nitrogen and oxygen atoms in total. The second-order valence-corrected chi connectivity index (χ2v) is 4.03. The van der Waals surface area contributed by atoms with Gasteiger partial charge < -0.3 is 0 Å². The van der Waals surface area contributed by atoms with E-state index in [1.54, 1.807) is 0 Å². The molecule has 0 unspecified atom stereocenters. The zero-order valence-electron chi connectivity index (χ0n) is 9.89. The minimum Gasteiger partial charge on any atom is -0.0985 e. The van der Waals surface area contributed by atoms with Crippen molar-refractivity contribution in [1.29, 1.82) is 0 Å². The van der Waals surface area contributed by atoms with Crippen LogP contribution in [-0.4, -0.2) is 0 Å².